The van der Waals surface area contributed by atoms with Crippen LogP contribution in [0.2, 0.25) is 0 Å². The standard InChI is InChI=1S/C23H22N6O2S/c30-21(25-15-17-6-8-27-9-7-24-20(27)14-17)19-16-26-23(32-19)29-12-10-28(11-13-29)22(31)18-4-2-1-3-5-18/h1-9,14,16H,10-13,15H2,(H,25,30). The second-order valence-electron chi connectivity index (χ2n) is 7.56. The lowest BCUT2D eigenvalue weighted by Crippen LogP contribution is -2.48. The van der Waals surface area contributed by atoms with Gasteiger partial charge in [-0.15, -0.1) is 0 Å². The predicted octanol–water partition coefficient (Wildman–Crippen LogP) is 2.68. The molecule has 0 spiro atoms. The SMILES string of the molecule is O=C(NCc1ccn2ccnc2c1)c1cnc(N2CCN(C(=O)c3ccccc3)CC2)s1. The number of amides is 2. The van der Waals surface area contributed by atoms with Crippen LogP contribution in [0.25, 0.3) is 5.65 Å². The topological polar surface area (TPSA) is 82.8 Å². The lowest BCUT2D eigenvalue weighted by Gasteiger charge is -2.34. The van der Waals surface area contributed by atoms with Gasteiger partial charge >= 0.3 is 0 Å². The van der Waals surface area contributed by atoms with Gasteiger partial charge in [-0.3, -0.25) is 9.59 Å². The molecule has 1 aromatic carbocycles. The van der Waals surface area contributed by atoms with Gasteiger partial charge in [0.25, 0.3) is 11.8 Å². The summed E-state index contributed by atoms with van der Waals surface area (Å²) in [4.78, 5) is 38.5. The highest BCUT2D eigenvalue weighted by Crippen LogP contribution is 2.24. The number of nitrogens with one attached hydrogen (secondary N) is 1. The average Bonchev–Trinajstić information content (AvgIpc) is 3.52. The Morgan fingerprint density at radius 1 is 1.00 bits per heavy atom. The third-order valence-corrected chi connectivity index (χ3v) is 6.55. The number of fused-ring (bicyclic) bond motifs is 1. The molecule has 9 heteroatoms. The van der Waals surface area contributed by atoms with E-state index in [4.69, 9.17) is 0 Å². The number of aromatic nitrogens is 3. The van der Waals surface area contributed by atoms with Crippen LogP contribution in [-0.2, 0) is 6.54 Å². The molecule has 0 aliphatic carbocycles. The molecule has 0 bridgehead atoms. The lowest BCUT2D eigenvalue weighted by atomic mass is 10.2. The van der Waals surface area contributed by atoms with Crippen molar-refractivity contribution in [2.75, 3.05) is 31.1 Å². The van der Waals surface area contributed by atoms with Gasteiger partial charge in [-0.2, -0.15) is 0 Å². The predicted molar refractivity (Wildman–Crippen MR) is 123 cm³/mol. The third-order valence-electron chi connectivity index (χ3n) is 5.49. The number of hydrogen-bond acceptors (Lipinski definition) is 6. The molecule has 4 aromatic rings. The first-order chi connectivity index (χ1) is 15.7. The normalized spacial score (nSPS) is 14.0. The van der Waals surface area contributed by atoms with E-state index >= 15 is 0 Å². The van der Waals surface area contributed by atoms with E-state index in [2.05, 4.69) is 20.2 Å². The van der Waals surface area contributed by atoms with Gasteiger partial charge in [0, 0.05) is 56.9 Å². The van der Waals surface area contributed by atoms with Crippen LogP contribution in [0.3, 0.4) is 0 Å². The molecule has 0 unspecified atom stereocenters. The van der Waals surface area contributed by atoms with Crippen molar-refractivity contribution in [3.05, 3.63) is 83.3 Å². The Morgan fingerprint density at radius 3 is 2.62 bits per heavy atom. The van der Waals surface area contributed by atoms with Crippen molar-refractivity contribution < 1.29 is 9.59 Å². The second kappa shape index (κ2) is 8.80. The molecule has 5 rings (SSSR count). The maximum Gasteiger partial charge on any atom is 0.263 e. The van der Waals surface area contributed by atoms with Crippen LogP contribution < -0.4 is 10.2 Å². The summed E-state index contributed by atoms with van der Waals surface area (Å²) in [7, 11) is 0. The summed E-state index contributed by atoms with van der Waals surface area (Å²) < 4.78 is 1.92. The van der Waals surface area contributed by atoms with Crippen molar-refractivity contribution >= 4 is 33.9 Å². The summed E-state index contributed by atoms with van der Waals surface area (Å²) in [6, 6.07) is 13.3. The average molecular weight is 447 g/mol. The molecule has 8 nitrogen and oxygen atoms in total. The number of pyridine rings is 1. The Bertz CT molecular complexity index is 1240. The Kier molecular flexibility index (Phi) is 5.55. The lowest BCUT2D eigenvalue weighted by molar-refractivity contribution is 0.0746. The van der Waals surface area contributed by atoms with Crippen LogP contribution in [0.1, 0.15) is 25.6 Å². The first-order valence-corrected chi connectivity index (χ1v) is 11.2. The summed E-state index contributed by atoms with van der Waals surface area (Å²) in [5, 5.41) is 3.76. The van der Waals surface area contributed by atoms with E-state index < -0.39 is 0 Å². The van der Waals surface area contributed by atoms with Gasteiger partial charge in [0.05, 0.1) is 6.20 Å². The van der Waals surface area contributed by atoms with Crippen LogP contribution in [-0.4, -0.2) is 57.3 Å². The number of rotatable bonds is 5. The zero-order valence-corrected chi connectivity index (χ0v) is 18.2. The van der Waals surface area contributed by atoms with Gasteiger partial charge in [-0.25, -0.2) is 9.97 Å². The number of carbonyl (C=O) groups is 2. The van der Waals surface area contributed by atoms with E-state index in [1.54, 1.807) is 12.4 Å². The van der Waals surface area contributed by atoms with E-state index in [1.807, 2.05) is 64.2 Å². The van der Waals surface area contributed by atoms with Crippen LogP contribution >= 0.6 is 11.3 Å². The van der Waals surface area contributed by atoms with E-state index in [9.17, 15) is 9.59 Å². The van der Waals surface area contributed by atoms with Crippen molar-refractivity contribution in [2.24, 2.45) is 0 Å². The summed E-state index contributed by atoms with van der Waals surface area (Å²) in [6.07, 6.45) is 7.17. The van der Waals surface area contributed by atoms with Crippen molar-refractivity contribution in [2.45, 2.75) is 6.54 Å². The number of imidazole rings is 1. The van der Waals surface area contributed by atoms with Crippen molar-refractivity contribution in [1.29, 1.82) is 0 Å². The molecule has 1 N–H and O–H groups in total. The zero-order valence-electron chi connectivity index (χ0n) is 17.3. The largest absolute Gasteiger partial charge is 0.347 e. The maximum absolute atomic E-state index is 12.6. The minimum Gasteiger partial charge on any atom is -0.347 e. The van der Waals surface area contributed by atoms with Gasteiger partial charge in [-0.05, 0) is 29.8 Å². The fourth-order valence-corrected chi connectivity index (χ4v) is 4.60. The molecule has 162 valence electrons. The minimum absolute atomic E-state index is 0.0537. The van der Waals surface area contributed by atoms with Gasteiger partial charge in [0.2, 0.25) is 0 Å². The highest BCUT2D eigenvalue weighted by Gasteiger charge is 2.24. The van der Waals surface area contributed by atoms with Crippen molar-refractivity contribution in [3.8, 4) is 0 Å². The number of anilines is 1. The molecular weight excluding hydrogens is 424 g/mol. The Morgan fingerprint density at radius 2 is 1.81 bits per heavy atom. The first-order valence-electron chi connectivity index (χ1n) is 10.4. The summed E-state index contributed by atoms with van der Waals surface area (Å²) in [5.41, 5.74) is 2.55. The number of thiazole rings is 1. The van der Waals surface area contributed by atoms with E-state index in [0.717, 1.165) is 16.3 Å². The minimum atomic E-state index is -0.144. The van der Waals surface area contributed by atoms with Crippen LogP contribution in [0.5, 0.6) is 0 Å². The molecule has 4 heterocycles. The quantitative estimate of drug-likeness (QED) is 0.510. The Hall–Kier alpha value is -3.72. The number of benzene rings is 1. The van der Waals surface area contributed by atoms with Crippen LogP contribution in [0.4, 0.5) is 5.13 Å². The Balaban J connectivity index is 1.16. The fraction of sp³-hybridized carbons (Fsp3) is 0.217. The molecule has 1 aliphatic heterocycles. The molecule has 32 heavy (non-hydrogen) atoms. The van der Waals surface area contributed by atoms with Gasteiger partial charge in [-0.1, -0.05) is 29.5 Å². The summed E-state index contributed by atoms with van der Waals surface area (Å²) in [6.45, 7) is 3.07. The molecule has 0 radical (unpaired) electrons. The Labute approximate surface area is 189 Å². The molecule has 0 saturated carbocycles. The highest BCUT2D eigenvalue weighted by atomic mass is 32.1. The summed E-state index contributed by atoms with van der Waals surface area (Å²) >= 11 is 1.38. The molecular formula is C23H22N6O2S. The van der Waals surface area contributed by atoms with Gasteiger partial charge in [0.15, 0.2) is 5.13 Å². The van der Waals surface area contributed by atoms with Gasteiger partial charge < -0.3 is 19.5 Å². The monoisotopic (exact) mass is 446 g/mol. The molecule has 1 fully saturated rings. The fourth-order valence-electron chi connectivity index (χ4n) is 3.71. The third kappa shape index (κ3) is 4.19. The second-order valence-corrected chi connectivity index (χ2v) is 8.57. The molecule has 3 aromatic heterocycles. The van der Waals surface area contributed by atoms with Gasteiger partial charge in [0.1, 0.15) is 10.5 Å². The highest BCUT2D eigenvalue weighted by molar-refractivity contribution is 7.17. The number of nitrogens with zero attached hydrogens (tertiary/aromatic N) is 5. The number of hydrogen-bond donors (Lipinski definition) is 1. The molecule has 2 amide bonds. The van der Waals surface area contributed by atoms with Crippen molar-refractivity contribution in [3.63, 3.8) is 0 Å². The summed E-state index contributed by atoms with van der Waals surface area (Å²) in [5.74, 6) is -0.0900. The van der Waals surface area contributed by atoms with Crippen molar-refractivity contribution in [1.82, 2.24) is 24.6 Å². The zero-order chi connectivity index (χ0) is 21.9. The first kappa shape index (κ1) is 20.2. The molecule has 1 saturated heterocycles. The maximum atomic E-state index is 12.6. The smallest absolute Gasteiger partial charge is 0.263 e. The van der Waals surface area contributed by atoms with E-state index in [1.165, 1.54) is 11.3 Å². The molecule has 1 aliphatic rings. The van der Waals surface area contributed by atoms with Crippen LogP contribution in [0.15, 0.2) is 67.3 Å². The molecule has 0 atom stereocenters. The number of piperazine rings is 1. The number of carbonyl (C=O) groups excluding carboxylic acids is 2. The van der Waals surface area contributed by atoms with Crippen LogP contribution in [0, 0.1) is 0 Å². The van der Waals surface area contributed by atoms with E-state index in [-0.39, 0.29) is 11.8 Å². The van der Waals surface area contributed by atoms with E-state index in [0.29, 0.717) is 43.2 Å².